The van der Waals surface area contributed by atoms with Crippen LogP contribution in [0.25, 0.3) is 0 Å². The summed E-state index contributed by atoms with van der Waals surface area (Å²) in [7, 11) is 0. The zero-order valence-corrected chi connectivity index (χ0v) is 5.87. The number of Topliss-reactive ketones (excluding diaryl/α,β-unsaturated/α-hetero) is 1. The maximum absolute atomic E-state index is 10.8. The summed E-state index contributed by atoms with van der Waals surface area (Å²) in [5.41, 5.74) is 0. The molecule has 1 saturated carbocycles. The first kappa shape index (κ1) is 6.31. The van der Waals surface area contributed by atoms with E-state index >= 15 is 0 Å². The van der Waals surface area contributed by atoms with E-state index in [2.05, 4.69) is 0 Å². The third-order valence-corrected chi connectivity index (χ3v) is 2.06. The molecule has 2 fully saturated rings. The lowest BCUT2D eigenvalue weighted by molar-refractivity contribution is -0.119. The van der Waals surface area contributed by atoms with Crippen LogP contribution < -0.4 is 0 Å². The van der Waals surface area contributed by atoms with Crippen molar-refractivity contribution in [3.63, 3.8) is 0 Å². The molecule has 1 aliphatic heterocycles. The van der Waals surface area contributed by atoms with Gasteiger partial charge in [0.15, 0.2) is 0 Å². The summed E-state index contributed by atoms with van der Waals surface area (Å²) in [6, 6.07) is 0. The van der Waals surface area contributed by atoms with Gasteiger partial charge in [0, 0.05) is 0 Å². The third kappa shape index (κ3) is 0.777. The second-order valence-electron chi connectivity index (χ2n) is 2.81. The van der Waals surface area contributed by atoms with E-state index < -0.39 is 0 Å². The normalized spacial score (nSPS) is 44.3. The quantitative estimate of drug-likeness (QED) is 0.516. The van der Waals surface area contributed by atoms with Gasteiger partial charge in [-0.05, 0) is 6.92 Å². The zero-order chi connectivity index (χ0) is 7.14. The molecule has 10 heavy (non-hydrogen) atoms. The SMILES string of the molecule is CC(=O)C1[C@H]2OCCO[C@@H]12. The summed E-state index contributed by atoms with van der Waals surface area (Å²) >= 11 is 0. The highest BCUT2D eigenvalue weighted by atomic mass is 16.6. The monoisotopic (exact) mass is 142 g/mol. The first-order valence-corrected chi connectivity index (χ1v) is 3.54. The molecule has 3 heteroatoms. The number of ketones is 1. The molecule has 56 valence electrons. The van der Waals surface area contributed by atoms with Crippen LogP contribution in [-0.2, 0) is 14.3 Å². The number of fused-ring (bicyclic) bond motifs is 1. The Labute approximate surface area is 59.3 Å². The van der Waals surface area contributed by atoms with E-state index in [1.807, 2.05) is 0 Å². The molecule has 0 radical (unpaired) electrons. The van der Waals surface area contributed by atoms with Crippen LogP contribution in [-0.4, -0.2) is 31.2 Å². The lowest BCUT2D eigenvalue weighted by Crippen LogP contribution is -2.16. The third-order valence-electron chi connectivity index (χ3n) is 2.06. The number of rotatable bonds is 1. The van der Waals surface area contributed by atoms with Gasteiger partial charge in [0.1, 0.15) is 5.78 Å². The standard InChI is InChI=1S/C7H10O3/c1-4(8)5-6-7(5)10-3-2-9-6/h5-7H,2-3H2,1H3/t5?,6-,7+. The minimum atomic E-state index is 0.0440. The van der Waals surface area contributed by atoms with E-state index in [0.29, 0.717) is 13.2 Å². The molecular formula is C7H10O3. The van der Waals surface area contributed by atoms with Crippen LogP contribution in [0.15, 0.2) is 0 Å². The van der Waals surface area contributed by atoms with Gasteiger partial charge in [0.25, 0.3) is 0 Å². The molecule has 0 spiro atoms. The zero-order valence-electron chi connectivity index (χ0n) is 5.87. The van der Waals surface area contributed by atoms with Crippen LogP contribution >= 0.6 is 0 Å². The predicted molar refractivity (Wildman–Crippen MR) is 33.7 cm³/mol. The van der Waals surface area contributed by atoms with Crippen LogP contribution in [0.4, 0.5) is 0 Å². The molecule has 0 N–H and O–H groups in total. The molecule has 1 unspecified atom stereocenters. The largest absolute Gasteiger partial charge is 0.372 e. The number of ether oxygens (including phenoxy) is 2. The summed E-state index contributed by atoms with van der Waals surface area (Å²) in [6.07, 6.45) is 0.178. The van der Waals surface area contributed by atoms with Gasteiger partial charge in [-0.3, -0.25) is 4.79 Å². The first-order valence-electron chi connectivity index (χ1n) is 3.54. The van der Waals surface area contributed by atoms with Gasteiger partial charge in [0.2, 0.25) is 0 Å². The van der Waals surface area contributed by atoms with Crippen molar-refractivity contribution in [3.8, 4) is 0 Å². The topological polar surface area (TPSA) is 35.5 Å². The molecule has 3 atom stereocenters. The summed E-state index contributed by atoms with van der Waals surface area (Å²) < 4.78 is 10.6. The molecule has 0 aromatic carbocycles. The summed E-state index contributed by atoms with van der Waals surface area (Å²) in [5.74, 6) is 0.236. The van der Waals surface area contributed by atoms with Crippen molar-refractivity contribution in [1.29, 1.82) is 0 Å². The smallest absolute Gasteiger partial charge is 0.138 e. The fraction of sp³-hybridized carbons (Fsp3) is 0.857. The molecule has 0 aromatic rings. The van der Waals surface area contributed by atoms with E-state index in [9.17, 15) is 4.79 Å². The Kier molecular flexibility index (Phi) is 1.28. The molecule has 2 aliphatic rings. The highest BCUT2D eigenvalue weighted by Crippen LogP contribution is 2.40. The first-order chi connectivity index (χ1) is 4.80. The van der Waals surface area contributed by atoms with Gasteiger partial charge in [-0.15, -0.1) is 0 Å². The van der Waals surface area contributed by atoms with Gasteiger partial charge < -0.3 is 9.47 Å². The lowest BCUT2D eigenvalue weighted by atomic mass is 10.3. The molecule has 1 saturated heterocycles. The molecular weight excluding hydrogens is 132 g/mol. The molecule has 2 rings (SSSR count). The Morgan fingerprint density at radius 2 is 1.80 bits per heavy atom. The van der Waals surface area contributed by atoms with Crippen molar-refractivity contribution >= 4 is 5.78 Å². The van der Waals surface area contributed by atoms with Crippen LogP contribution in [0.2, 0.25) is 0 Å². The number of hydrogen-bond donors (Lipinski definition) is 0. The van der Waals surface area contributed by atoms with E-state index in [-0.39, 0.29) is 23.9 Å². The maximum atomic E-state index is 10.8. The maximum Gasteiger partial charge on any atom is 0.138 e. The van der Waals surface area contributed by atoms with Gasteiger partial charge in [-0.2, -0.15) is 0 Å². The van der Waals surface area contributed by atoms with Crippen molar-refractivity contribution in [1.82, 2.24) is 0 Å². The summed E-state index contributed by atoms with van der Waals surface area (Å²) in [5, 5.41) is 0. The van der Waals surface area contributed by atoms with Crippen LogP contribution in [0.3, 0.4) is 0 Å². The predicted octanol–water partition coefficient (Wildman–Crippen LogP) is -0.0108. The van der Waals surface area contributed by atoms with E-state index in [1.165, 1.54) is 0 Å². The fourth-order valence-corrected chi connectivity index (χ4v) is 1.48. The van der Waals surface area contributed by atoms with Crippen molar-refractivity contribution in [2.24, 2.45) is 5.92 Å². The van der Waals surface area contributed by atoms with Crippen LogP contribution in [0.1, 0.15) is 6.92 Å². The van der Waals surface area contributed by atoms with Gasteiger partial charge in [0.05, 0.1) is 31.3 Å². The average molecular weight is 142 g/mol. The highest BCUT2D eigenvalue weighted by molar-refractivity contribution is 5.83. The molecule has 1 aliphatic carbocycles. The van der Waals surface area contributed by atoms with Gasteiger partial charge >= 0.3 is 0 Å². The lowest BCUT2D eigenvalue weighted by Gasteiger charge is -2.08. The number of carbonyl (C=O) groups excluding carboxylic acids is 1. The summed E-state index contributed by atoms with van der Waals surface area (Å²) in [4.78, 5) is 10.8. The van der Waals surface area contributed by atoms with Crippen molar-refractivity contribution in [2.45, 2.75) is 19.1 Å². The number of hydrogen-bond acceptors (Lipinski definition) is 3. The minimum absolute atomic E-state index is 0.0440. The average Bonchev–Trinajstić information content (AvgIpc) is 2.60. The molecule has 0 bridgehead atoms. The Bertz CT molecular complexity index is 154. The van der Waals surface area contributed by atoms with Gasteiger partial charge in [-0.1, -0.05) is 0 Å². The highest BCUT2D eigenvalue weighted by Gasteiger charge is 2.57. The second kappa shape index (κ2) is 2.04. The molecule has 0 aromatic heterocycles. The van der Waals surface area contributed by atoms with E-state index in [0.717, 1.165) is 0 Å². The van der Waals surface area contributed by atoms with Gasteiger partial charge in [-0.25, -0.2) is 0 Å². The molecule has 0 amide bonds. The fourth-order valence-electron chi connectivity index (χ4n) is 1.48. The van der Waals surface area contributed by atoms with Crippen molar-refractivity contribution in [2.75, 3.05) is 13.2 Å². The van der Waals surface area contributed by atoms with E-state index in [4.69, 9.17) is 9.47 Å². The van der Waals surface area contributed by atoms with Crippen molar-refractivity contribution in [3.05, 3.63) is 0 Å². The second-order valence-corrected chi connectivity index (χ2v) is 2.81. The minimum Gasteiger partial charge on any atom is -0.372 e. The van der Waals surface area contributed by atoms with Crippen molar-refractivity contribution < 1.29 is 14.3 Å². The Balaban J connectivity index is 1.99. The Hall–Kier alpha value is -0.410. The molecule has 1 heterocycles. The summed E-state index contributed by atoms with van der Waals surface area (Å²) in [6.45, 7) is 2.88. The Morgan fingerprint density at radius 1 is 1.30 bits per heavy atom. The number of carbonyl (C=O) groups is 1. The Morgan fingerprint density at radius 3 is 2.20 bits per heavy atom. The van der Waals surface area contributed by atoms with Crippen LogP contribution in [0, 0.1) is 5.92 Å². The molecule has 3 nitrogen and oxygen atoms in total. The van der Waals surface area contributed by atoms with E-state index in [1.54, 1.807) is 6.92 Å². The van der Waals surface area contributed by atoms with Crippen LogP contribution in [0.5, 0.6) is 0 Å².